The van der Waals surface area contributed by atoms with Crippen LogP contribution in [0.1, 0.15) is 53.7 Å². The van der Waals surface area contributed by atoms with Crippen LogP contribution in [0.4, 0.5) is 4.79 Å². The molecule has 1 aromatic carbocycles. The van der Waals surface area contributed by atoms with E-state index in [2.05, 4.69) is 15.6 Å². The highest BCUT2D eigenvalue weighted by atomic mass is 32.1. The molecular weight excluding hydrogens is 406 g/mol. The Bertz CT molecular complexity index is 908. The molecule has 1 saturated carbocycles. The molecule has 3 rings (SSSR count). The molecule has 2 aromatic rings. The van der Waals surface area contributed by atoms with Crippen LogP contribution in [-0.2, 0) is 16.1 Å². The van der Waals surface area contributed by atoms with Crippen molar-refractivity contribution < 1.29 is 23.9 Å². The van der Waals surface area contributed by atoms with E-state index in [1.165, 1.54) is 18.3 Å². The summed E-state index contributed by atoms with van der Waals surface area (Å²) in [6.07, 6.45) is 2.84. The van der Waals surface area contributed by atoms with Crippen molar-refractivity contribution >= 4 is 29.2 Å². The molecule has 0 bridgehead atoms. The Hall–Kier alpha value is -2.94. The zero-order valence-corrected chi connectivity index (χ0v) is 17.8. The van der Waals surface area contributed by atoms with Crippen molar-refractivity contribution in [1.82, 2.24) is 15.6 Å². The number of hydrogen-bond acceptors (Lipinski definition) is 7. The largest absolute Gasteiger partial charge is 0.487 e. The number of benzene rings is 1. The Balaban J connectivity index is 1.49. The predicted octanol–water partition coefficient (Wildman–Crippen LogP) is 3.34. The van der Waals surface area contributed by atoms with Gasteiger partial charge in [0.15, 0.2) is 6.10 Å². The van der Waals surface area contributed by atoms with E-state index in [0.29, 0.717) is 5.75 Å². The third-order valence-corrected chi connectivity index (χ3v) is 5.53. The van der Waals surface area contributed by atoms with Crippen molar-refractivity contribution in [3.05, 3.63) is 45.9 Å². The molecule has 1 aliphatic rings. The lowest BCUT2D eigenvalue weighted by molar-refractivity contribution is -0.127. The Kier molecular flexibility index (Phi) is 7.40. The van der Waals surface area contributed by atoms with Crippen LogP contribution in [-0.4, -0.2) is 35.0 Å². The standard InChI is InChI=1S/C21H25N3O5S/c1-13(19(25)24-21(27)23-16-7-3-4-8-16)29-20(26)15-6-5-9-18(10-15)28-11-17-12-30-14(2)22-17/h5-6,9-10,12-13,16H,3-4,7-8,11H2,1-2H3,(H2,23,24,25,27). The normalized spacial score (nSPS) is 14.7. The third kappa shape index (κ3) is 6.28. The fraction of sp³-hybridized carbons (Fsp3) is 0.429. The fourth-order valence-electron chi connectivity index (χ4n) is 3.13. The molecule has 0 aliphatic heterocycles. The summed E-state index contributed by atoms with van der Waals surface area (Å²) in [7, 11) is 0. The van der Waals surface area contributed by atoms with Gasteiger partial charge in [0.05, 0.1) is 16.3 Å². The van der Waals surface area contributed by atoms with Crippen molar-refractivity contribution in [2.24, 2.45) is 0 Å². The number of carbonyl (C=O) groups excluding carboxylic acids is 3. The lowest BCUT2D eigenvalue weighted by atomic mass is 10.2. The molecule has 30 heavy (non-hydrogen) atoms. The molecule has 160 valence electrons. The minimum Gasteiger partial charge on any atom is -0.487 e. The number of urea groups is 1. The summed E-state index contributed by atoms with van der Waals surface area (Å²) < 4.78 is 10.9. The monoisotopic (exact) mass is 431 g/mol. The molecule has 0 radical (unpaired) electrons. The average molecular weight is 432 g/mol. The number of esters is 1. The van der Waals surface area contributed by atoms with Gasteiger partial charge in [-0.2, -0.15) is 0 Å². The number of hydrogen-bond donors (Lipinski definition) is 2. The topological polar surface area (TPSA) is 107 Å². The van der Waals surface area contributed by atoms with E-state index in [4.69, 9.17) is 9.47 Å². The SMILES string of the molecule is Cc1nc(COc2cccc(C(=O)OC(C)C(=O)NC(=O)NC3CCCC3)c2)cs1. The summed E-state index contributed by atoms with van der Waals surface area (Å²) >= 11 is 1.54. The first-order valence-electron chi connectivity index (χ1n) is 9.87. The van der Waals surface area contributed by atoms with Crippen LogP contribution in [0.3, 0.4) is 0 Å². The highest BCUT2D eigenvalue weighted by Crippen LogP contribution is 2.18. The van der Waals surface area contributed by atoms with Crippen LogP contribution in [0.25, 0.3) is 0 Å². The molecule has 1 aliphatic carbocycles. The predicted molar refractivity (Wildman–Crippen MR) is 111 cm³/mol. The lowest BCUT2D eigenvalue weighted by Crippen LogP contribution is -2.47. The van der Waals surface area contributed by atoms with Crippen molar-refractivity contribution in [1.29, 1.82) is 0 Å². The number of imide groups is 1. The molecule has 8 nitrogen and oxygen atoms in total. The zero-order valence-electron chi connectivity index (χ0n) is 17.0. The van der Waals surface area contributed by atoms with Gasteiger partial charge in [-0.1, -0.05) is 18.9 Å². The molecule has 1 fully saturated rings. The number of amides is 3. The molecule has 0 saturated heterocycles. The molecule has 1 heterocycles. The maximum Gasteiger partial charge on any atom is 0.339 e. The van der Waals surface area contributed by atoms with Crippen molar-refractivity contribution in [3.63, 3.8) is 0 Å². The number of nitrogens with one attached hydrogen (secondary N) is 2. The van der Waals surface area contributed by atoms with E-state index < -0.39 is 24.0 Å². The summed E-state index contributed by atoms with van der Waals surface area (Å²) in [5, 5.41) is 7.84. The fourth-order valence-corrected chi connectivity index (χ4v) is 3.73. The Morgan fingerprint density at radius 3 is 2.73 bits per heavy atom. The van der Waals surface area contributed by atoms with E-state index in [1.54, 1.807) is 24.3 Å². The van der Waals surface area contributed by atoms with E-state index in [-0.39, 0.29) is 18.2 Å². The molecule has 9 heteroatoms. The third-order valence-electron chi connectivity index (χ3n) is 4.70. The molecule has 3 amide bonds. The van der Waals surface area contributed by atoms with Crippen molar-refractivity contribution in [3.8, 4) is 5.75 Å². The van der Waals surface area contributed by atoms with Crippen LogP contribution in [0.15, 0.2) is 29.6 Å². The van der Waals surface area contributed by atoms with Crippen LogP contribution in [0.2, 0.25) is 0 Å². The second kappa shape index (κ2) is 10.2. The Morgan fingerprint density at radius 1 is 1.27 bits per heavy atom. The van der Waals surface area contributed by atoms with Gasteiger partial charge >= 0.3 is 12.0 Å². The summed E-state index contributed by atoms with van der Waals surface area (Å²) in [6, 6.07) is 6.02. The second-order valence-electron chi connectivity index (χ2n) is 7.17. The van der Waals surface area contributed by atoms with E-state index in [1.807, 2.05) is 12.3 Å². The molecule has 1 aromatic heterocycles. The van der Waals surface area contributed by atoms with Gasteiger partial charge in [-0.3, -0.25) is 10.1 Å². The minimum absolute atomic E-state index is 0.0894. The Labute approximate surface area is 179 Å². The first kappa shape index (κ1) is 21.8. The Morgan fingerprint density at radius 2 is 2.03 bits per heavy atom. The highest BCUT2D eigenvalue weighted by Gasteiger charge is 2.23. The summed E-state index contributed by atoms with van der Waals surface area (Å²) in [5.74, 6) is -0.864. The first-order chi connectivity index (χ1) is 14.4. The summed E-state index contributed by atoms with van der Waals surface area (Å²) in [5.41, 5.74) is 1.06. The van der Waals surface area contributed by atoms with E-state index in [9.17, 15) is 14.4 Å². The number of aromatic nitrogens is 1. The maximum absolute atomic E-state index is 12.4. The smallest absolute Gasteiger partial charge is 0.339 e. The maximum atomic E-state index is 12.4. The van der Waals surface area contributed by atoms with Crippen molar-refractivity contribution in [2.45, 2.75) is 58.3 Å². The number of rotatable bonds is 7. The van der Waals surface area contributed by atoms with E-state index in [0.717, 1.165) is 36.4 Å². The van der Waals surface area contributed by atoms with Gasteiger partial charge in [-0.05, 0) is 44.9 Å². The molecule has 2 N–H and O–H groups in total. The van der Waals surface area contributed by atoms with Crippen LogP contribution in [0.5, 0.6) is 5.75 Å². The van der Waals surface area contributed by atoms with Crippen LogP contribution in [0, 0.1) is 6.92 Å². The highest BCUT2D eigenvalue weighted by molar-refractivity contribution is 7.09. The van der Waals surface area contributed by atoms with Gasteiger partial charge in [-0.15, -0.1) is 11.3 Å². The summed E-state index contributed by atoms with van der Waals surface area (Å²) in [6.45, 7) is 3.62. The van der Waals surface area contributed by atoms with Gasteiger partial charge in [0, 0.05) is 11.4 Å². The number of aryl methyl sites for hydroxylation is 1. The van der Waals surface area contributed by atoms with Gasteiger partial charge in [0.25, 0.3) is 5.91 Å². The number of thiazole rings is 1. The quantitative estimate of drug-likeness (QED) is 0.651. The van der Waals surface area contributed by atoms with E-state index >= 15 is 0 Å². The molecular formula is C21H25N3O5S. The second-order valence-corrected chi connectivity index (χ2v) is 8.23. The van der Waals surface area contributed by atoms with Crippen molar-refractivity contribution in [2.75, 3.05) is 0 Å². The van der Waals surface area contributed by atoms with Gasteiger partial charge in [0.2, 0.25) is 0 Å². The first-order valence-corrected chi connectivity index (χ1v) is 10.7. The molecule has 0 spiro atoms. The van der Waals surface area contributed by atoms with Gasteiger partial charge in [0.1, 0.15) is 12.4 Å². The van der Waals surface area contributed by atoms with Crippen LogP contribution >= 0.6 is 11.3 Å². The van der Waals surface area contributed by atoms with Gasteiger partial charge < -0.3 is 14.8 Å². The number of nitrogens with zero attached hydrogens (tertiary/aromatic N) is 1. The molecule has 1 unspecified atom stereocenters. The lowest BCUT2D eigenvalue weighted by Gasteiger charge is -2.15. The number of carbonyl (C=O) groups is 3. The van der Waals surface area contributed by atoms with Gasteiger partial charge in [-0.25, -0.2) is 14.6 Å². The number of ether oxygens (including phenoxy) is 2. The van der Waals surface area contributed by atoms with Crippen LogP contribution < -0.4 is 15.4 Å². The minimum atomic E-state index is -1.12. The zero-order chi connectivity index (χ0) is 21.5. The summed E-state index contributed by atoms with van der Waals surface area (Å²) in [4.78, 5) is 40.8. The average Bonchev–Trinajstić information content (AvgIpc) is 3.38. The molecule has 1 atom stereocenters.